The zero-order valence-electron chi connectivity index (χ0n) is 11.9. The van der Waals surface area contributed by atoms with E-state index in [0.29, 0.717) is 6.42 Å². The number of ether oxygens (including phenoxy) is 1. The van der Waals surface area contributed by atoms with E-state index in [1.165, 1.54) is 0 Å². The van der Waals surface area contributed by atoms with Gasteiger partial charge in [-0.1, -0.05) is 12.1 Å². The molecule has 2 unspecified atom stereocenters. The molecule has 0 bridgehead atoms. The fourth-order valence-electron chi connectivity index (χ4n) is 2.62. The van der Waals surface area contributed by atoms with Crippen molar-refractivity contribution in [1.29, 1.82) is 0 Å². The third kappa shape index (κ3) is 3.71. The van der Waals surface area contributed by atoms with Crippen molar-refractivity contribution in [3.8, 4) is 5.75 Å². The molecule has 1 fully saturated rings. The fourth-order valence-corrected chi connectivity index (χ4v) is 4.46. The zero-order valence-corrected chi connectivity index (χ0v) is 12.7. The predicted molar refractivity (Wildman–Crippen MR) is 79.0 cm³/mol. The number of nitrogens with one attached hydrogen (secondary N) is 1. The fraction of sp³-hybridized carbons (Fsp3) is 0.571. The van der Waals surface area contributed by atoms with Crippen LogP contribution in [0.25, 0.3) is 0 Å². The van der Waals surface area contributed by atoms with Crippen LogP contribution in [0.3, 0.4) is 0 Å². The summed E-state index contributed by atoms with van der Waals surface area (Å²) in [6, 6.07) is 7.52. The van der Waals surface area contributed by atoms with E-state index in [1.54, 1.807) is 0 Å². The maximum Gasteiger partial charge on any atom is 0.150 e. The van der Waals surface area contributed by atoms with Crippen LogP contribution in [0, 0.1) is 5.92 Å². The third-order valence-electron chi connectivity index (χ3n) is 3.53. The molecule has 0 aromatic heterocycles. The molecule has 1 aromatic carbocycles. The Morgan fingerprint density at radius 1 is 1.30 bits per heavy atom. The lowest BCUT2D eigenvalue weighted by Gasteiger charge is -2.22. The minimum atomic E-state index is -2.90. The Morgan fingerprint density at radius 3 is 2.40 bits per heavy atom. The summed E-state index contributed by atoms with van der Waals surface area (Å²) in [5.74, 6) is 6.90. The van der Waals surface area contributed by atoms with Crippen molar-refractivity contribution in [2.75, 3.05) is 11.5 Å². The first kappa shape index (κ1) is 15.3. The smallest absolute Gasteiger partial charge is 0.150 e. The van der Waals surface area contributed by atoms with Gasteiger partial charge in [0.15, 0.2) is 9.84 Å². The normalized spacial score (nSPS) is 22.9. The molecule has 0 radical (unpaired) electrons. The molecule has 112 valence electrons. The second-order valence-electron chi connectivity index (χ2n) is 5.54. The van der Waals surface area contributed by atoms with E-state index in [2.05, 4.69) is 5.43 Å². The van der Waals surface area contributed by atoms with E-state index < -0.39 is 9.84 Å². The van der Waals surface area contributed by atoms with Crippen LogP contribution < -0.4 is 16.0 Å². The zero-order chi connectivity index (χ0) is 14.8. The second kappa shape index (κ2) is 6.11. The van der Waals surface area contributed by atoms with Gasteiger partial charge in [-0.25, -0.2) is 8.42 Å². The van der Waals surface area contributed by atoms with Crippen molar-refractivity contribution in [2.24, 2.45) is 11.8 Å². The lowest BCUT2D eigenvalue weighted by atomic mass is 9.93. The van der Waals surface area contributed by atoms with Crippen molar-refractivity contribution < 1.29 is 13.2 Å². The number of hydrogen-bond donors (Lipinski definition) is 2. The first-order valence-electron chi connectivity index (χ1n) is 6.84. The Labute approximate surface area is 120 Å². The Balaban J connectivity index is 2.12. The molecule has 0 amide bonds. The molecular formula is C14H22N2O3S. The topological polar surface area (TPSA) is 81.4 Å². The molecule has 1 heterocycles. The molecule has 3 N–H and O–H groups in total. The van der Waals surface area contributed by atoms with Gasteiger partial charge in [0.05, 0.1) is 17.6 Å². The molecule has 2 atom stereocenters. The monoisotopic (exact) mass is 298 g/mol. The molecule has 1 aliphatic heterocycles. The molecule has 1 saturated heterocycles. The van der Waals surface area contributed by atoms with Gasteiger partial charge >= 0.3 is 0 Å². The highest BCUT2D eigenvalue weighted by Crippen LogP contribution is 2.31. The van der Waals surface area contributed by atoms with Crippen molar-refractivity contribution >= 4 is 9.84 Å². The van der Waals surface area contributed by atoms with Crippen LogP contribution in [-0.2, 0) is 9.84 Å². The van der Waals surface area contributed by atoms with Crippen LogP contribution in [0.1, 0.15) is 31.9 Å². The summed E-state index contributed by atoms with van der Waals surface area (Å²) in [4.78, 5) is 0. The highest BCUT2D eigenvalue weighted by Gasteiger charge is 2.33. The Kier molecular flexibility index (Phi) is 4.67. The van der Waals surface area contributed by atoms with Gasteiger partial charge in [0, 0.05) is 6.04 Å². The van der Waals surface area contributed by atoms with Gasteiger partial charge in [0.1, 0.15) is 5.75 Å². The van der Waals surface area contributed by atoms with Crippen molar-refractivity contribution in [1.82, 2.24) is 5.43 Å². The number of benzene rings is 1. The van der Waals surface area contributed by atoms with Crippen molar-refractivity contribution in [3.05, 3.63) is 29.8 Å². The van der Waals surface area contributed by atoms with Gasteiger partial charge in [-0.05, 0) is 43.9 Å². The van der Waals surface area contributed by atoms with Crippen LogP contribution in [0.5, 0.6) is 5.75 Å². The summed E-state index contributed by atoms with van der Waals surface area (Å²) in [6.45, 7) is 3.95. The predicted octanol–water partition coefficient (Wildman–Crippen LogP) is 1.41. The summed E-state index contributed by atoms with van der Waals surface area (Å²) in [6.07, 6.45) is 0.783. The minimum Gasteiger partial charge on any atom is -0.491 e. The maximum absolute atomic E-state index is 11.6. The average molecular weight is 298 g/mol. The molecule has 2 rings (SSSR count). The number of sulfone groups is 1. The molecule has 6 heteroatoms. The van der Waals surface area contributed by atoms with Gasteiger partial charge in [0.25, 0.3) is 0 Å². The summed E-state index contributed by atoms with van der Waals surface area (Å²) in [5, 5.41) is 0. The van der Waals surface area contributed by atoms with E-state index >= 15 is 0 Å². The van der Waals surface area contributed by atoms with Gasteiger partial charge < -0.3 is 4.74 Å². The van der Waals surface area contributed by atoms with E-state index in [9.17, 15) is 8.42 Å². The third-order valence-corrected chi connectivity index (χ3v) is 5.32. The lowest BCUT2D eigenvalue weighted by molar-refractivity contribution is 0.242. The van der Waals surface area contributed by atoms with Crippen LogP contribution in [-0.4, -0.2) is 26.0 Å². The Hall–Kier alpha value is -1.11. The van der Waals surface area contributed by atoms with Gasteiger partial charge in [-0.15, -0.1) is 0 Å². The molecule has 5 nitrogen and oxygen atoms in total. The van der Waals surface area contributed by atoms with Crippen LogP contribution in [0.15, 0.2) is 24.3 Å². The van der Waals surface area contributed by atoms with Crippen LogP contribution >= 0.6 is 0 Å². The van der Waals surface area contributed by atoms with Crippen LogP contribution in [0.2, 0.25) is 0 Å². The van der Waals surface area contributed by atoms with E-state index in [1.807, 2.05) is 38.1 Å². The highest BCUT2D eigenvalue weighted by atomic mass is 32.2. The maximum atomic E-state index is 11.6. The van der Waals surface area contributed by atoms with Crippen molar-refractivity contribution in [2.45, 2.75) is 32.4 Å². The molecule has 1 aromatic rings. The van der Waals surface area contributed by atoms with E-state index in [0.717, 1.165) is 11.3 Å². The number of hydrogen-bond acceptors (Lipinski definition) is 5. The highest BCUT2D eigenvalue weighted by molar-refractivity contribution is 7.91. The summed E-state index contributed by atoms with van der Waals surface area (Å²) < 4.78 is 28.8. The summed E-state index contributed by atoms with van der Waals surface area (Å²) >= 11 is 0. The van der Waals surface area contributed by atoms with Gasteiger partial charge in [0.2, 0.25) is 0 Å². The van der Waals surface area contributed by atoms with Gasteiger partial charge in [-0.2, -0.15) is 0 Å². The number of nitrogens with two attached hydrogens (primary N) is 1. The first-order valence-corrected chi connectivity index (χ1v) is 8.66. The quantitative estimate of drug-likeness (QED) is 0.634. The van der Waals surface area contributed by atoms with Crippen LogP contribution in [0.4, 0.5) is 0 Å². The molecule has 0 spiro atoms. The minimum absolute atomic E-state index is 0.0295. The SMILES string of the molecule is CC(C)Oc1ccc(C(NN)C2CCS(=O)(=O)C2)cc1. The molecule has 1 aliphatic rings. The van der Waals surface area contributed by atoms with Crippen molar-refractivity contribution in [3.63, 3.8) is 0 Å². The molecule has 20 heavy (non-hydrogen) atoms. The molecule has 0 aliphatic carbocycles. The molecule has 0 saturated carbocycles. The number of rotatable bonds is 5. The largest absolute Gasteiger partial charge is 0.491 e. The lowest BCUT2D eigenvalue weighted by Crippen LogP contribution is -2.34. The number of hydrazine groups is 1. The summed E-state index contributed by atoms with van der Waals surface area (Å²) in [7, 11) is -2.90. The standard InChI is InChI=1S/C14H22N2O3S/c1-10(2)19-13-5-3-11(4-6-13)14(16-15)12-7-8-20(17,18)9-12/h3-6,10,12,14,16H,7-9,15H2,1-2H3. The van der Waals surface area contributed by atoms with E-state index in [4.69, 9.17) is 10.6 Å². The molecular weight excluding hydrogens is 276 g/mol. The average Bonchev–Trinajstić information content (AvgIpc) is 2.72. The Morgan fingerprint density at radius 2 is 1.95 bits per heavy atom. The first-order chi connectivity index (χ1) is 9.41. The second-order valence-corrected chi connectivity index (χ2v) is 7.77. The summed E-state index contributed by atoms with van der Waals surface area (Å²) in [5.41, 5.74) is 3.74. The van der Waals surface area contributed by atoms with E-state index in [-0.39, 0.29) is 29.6 Å². The Bertz CT molecular complexity index is 540. The van der Waals surface area contributed by atoms with Gasteiger partial charge in [-0.3, -0.25) is 11.3 Å².